The van der Waals surface area contributed by atoms with Crippen molar-refractivity contribution in [2.24, 2.45) is 0 Å². The van der Waals surface area contributed by atoms with Gasteiger partial charge in [-0.1, -0.05) is 11.3 Å². The van der Waals surface area contributed by atoms with Crippen molar-refractivity contribution in [3.8, 4) is 0 Å². The highest BCUT2D eigenvalue weighted by atomic mass is 16.2. The third-order valence-corrected chi connectivity index (χ3v) is 4.93. The van der Waals surface area contributed by atoms with Crippen LogP contribution < -0.4 is 10.2 Å². The van der Waals surface area contributed by atoms with E-state index in [-0.39, 0.29) is 6.03 Å². The first-order chi connectivity index (χ1) is 12.2. The van der Waals surface area contributed by atoms with Gasteiger partial charge in [0, 0.05) is 37.4 Å². The predicted molar refractivity (Wildman–Crippen MR) is 92.9 cm³/mol. The Balaban J connectivity index is 1.47. The molecule has 1 atom stereocenters. The molecule has 0 bridgehead atoms. The molecule has 0 saturated carbocycles. The molecule has 8 nitrogen and oxygen atoms in total. The van der Waals surface area contributed by atoms with Gasteiger partial charge in [0.2, 0.25) is 0 Å². The minimum Gasteiger partial charge on any atom is -0.352 e. The quantitative estimate of drug-likeness (QED) is 0.913. The van der Waals surface area contributed by atoms with Gasteiger partial charge in [-0.15, -0.1) is 5.10 Å². The van der Waals surface area contributed by atoms with E-state index >= 15 is 0 Å². The normalized spacial score (nSPS) is 19.3. The Labute approximate surface area is 146 Å². The van der Waals surface area contributed by atoms with Gasteiger partial charge < -0.3 is 15.1 Å². The first-order valence-corrected chi connectivity index (χ1v) is 8.87. The summed E-state index contributed by atoms with van der Waals surface area (Å²) in [6, 6.07) is 4.29. The van der Waals surface area contributed by atoms with E-state index in [2.05, 4.69) is 31.6 Å². The lowest BCUT2D eigenvalue weighted by atomic mass is 10.2. The molecule has 1 saturated heterocycles. The summed E-state index contributed by atoms with van der Waals surface area (Å²) >= 11 is 0. The largest absolute Gasteiger partial charge is 0.352 e. The van der Waals surface area contributed by atoms with Crippen LogP contribution in [0.2, 0.25) is 0 Å². The van der Waals surface area contributed by atoms with Gasteiger partial charge in [-0.3, -0.25) is 4.68 Å². The number of nitrogens with one attached hydrogen (secondary N) is 1. The predicted octanol–water partition coefficient (Wildman–Crippen LogP) is 1.39. The second-order valence-electron chi connectivity index (χ2n) is 6.58. The van der Waals surface area contributed by atoms with Gasteiger partial charge in [0.15, 0.2) is 0 Å². The maximum Gasteiger partial charge on any atom is 0.318 e. The maximum absolute atomic E-state index is 12.7. The van der Waals surface area contributed by atoms with E-state index in [9.17, 15) is 4.79 Å². The molecule has 2 aliphatic heterocycles. The SMILES string of the molecule is CCn1cc(CNC(=O)N2Cc3cccnc3N3CCC[C@@H]3C2)nn1. The molecule has 1 fully saturated rings. The number of nitrogens with zero attached hydrogens (tertiary/aromatic N) is 6. The number of hydrogen-bond donors (Lipinski definition) is 1. The number of hydrogen-bond acceptors (Lipinski definition) is 5. The Bertz CT molecular complexity index is 759. The first kappa shape index (κ1) is 15.9. The molecule has 0 aliphatic carbocycles. The van der Waals surface area contributed by atoms with Gasteiger partial charge in [0.05, 0.1) is 19.3 Å². The Hall–Kier alpha value is -2.64. The van der Waals surface area contributed by atoms with Crippen LogP contribution in [0.3, 0.4) is 0 Å². The smallest absolute Gasteiger partial charge is 0.318 e. The molecule has 2 aromatic heterocycles. The van der Waals surface area contributed by atoms with Crippen LogP contribution in [0.1, 0.15) is 31.0 Å². The van der Waals surface area contributed by atoms with E-state index in [0.717, 1.165) is 49.6 Å². The zero-order valence-corrected chi connectivity index (χ0v) is 14.4. The van der Waals surface area contributed by atoms with E-state index in [1.165, 1.54) is 0 Å². The van der Waals surface area contributed by atoms with Crippen LogP contribution in [-0.2, 0) is 19.6 Å². The lowest BCUT2D eigenvalue weighted by molar-refractivity contribution is 0.192. The molecule has 2 aliphatic rings. The molecule has 2 aromatic rings. The van der Waals surface area contributed by atoms with Crippen molar-refractivity contribution in [3.05, 3.63) is 35.8 Å². The third-order valence-electron chi connectivity index (χ3n) is 4.93. The molecule has 0 aromatic carbocycles. The van der Waals surface area contributed by atoms with Crippen molar-refractivity contribution in [1.29, 1.82) is 0 Å². The fraction of sp³-hybridized carbons (Fsp3) is 0.529. The summed E-state index contributed by atoms with van der Waals surface area (Å²) in [6.45, 7) is 5.50. The number of urea groups is 1. The number of amides is 2. The van der Waals surface area contributed by atoms with Crippen LogP contribution in [-0.4, -0.2) is 50.0 Å². The maximum atomic E-state index is 12.7. The van der Waals surface area contributed by atoms with Crippen molar-refractivity contribution in [2.45, 2.75) is 45.4 Å². The summed E-state index contributed by atoms with van der Waals surface area (Å²) in [5, 5.41) is 11.1. The second-order valence-corrected chi connectivity index (χ2v) is 6.58. The van der Waals surface area contributed by atoms with Gasteiger partial charge in [0.25, 0.3) is 0 Å². The number of pyridine rings is 1. The summed E-state index contributed by atoms with van der Waals surface area (Å²) < 4.78 is 1.76. The number of aryl methyl sites for hydroxylation is 1. The van der Waals surface area contributed by atoms with Crippen molar-refractivity contribution in [3.63, 3.8) is 0 Å². The van der Waals surface area contributed by atoms with Crippen molar-refractivity contribution in [1.82, 2.24) is 30.2 Å². The monoisotopic (exact) mass is 341 g/mol. The topological polar surface area (TPSA) is 79.2 Å². The summed E-state index contributed by atoms with van der Waals surface area (Å²) in [4.78, 5) is 21.5. The Morgan fingerprint density at radius 3 is 3.20 bits per heavy atom. The molecule has 4 rings (SSSR count). The number of carbonyl (C=O) groups is 1. The summed E-state index contributed by atoms with van der Waals surface area (Å²) in [7, 11) is 0. The number of rotatable bonds is 3. The molecule has 4 heterocycles. The number of anilines is 1. The average Bonchev–Trinajstić information content (AvgIpc) is 3.26. The first-order valence-electron chi connectivity index (χ1n) is 8.87. The van der Waals surface area contributed by atoms with Gasteiger partial charge in [-0.05, 0) is 25.8 Å². The molecule has 8 heteroatoms. The van der Waals surface area contributed by atoms with Crippen LogP contribution in [0.25, 0.3) is 0 Å². The second kappa shape index (κ2) is 6.70. The van der Waals surface area contributed by atoms with Crippen molar-refractivity contribution >= 4 is 11.8 Å². The third kappa shape index (κ3) is 3.16. The van der Waals surface area contributed by atoms with E-state index in [1.54, 1.807) is 4.68 Å². The Morgan fingerprint density at radius 2 is 2.36 bits per heavy atom. The van der Waals surface area contributed by atoms with Crippen molar-refractivity contribution < 1.29 is 4.79 Å². The van der Waals surface area contributed by atoms with E-state index < -0.39 is 0 Å². The molecule has 2 amide bonds. The highest BCUT2D eigenvalue weighted by Gasteiger charge is 2.33. The minimum absolute atomic E-state index is 0.0606. The zero-order chi connectivity index (χ0) is 17.2. The fourth-order valence-corrected chi connectivity index (χ4v) is 3.65. The lowest BCUT2D eigenvalue weighted by Gasteiger charge is -2.26. The van der Waals surface area contributed by atoms with Crippen LogP contribution in [0.5, 0.6) is 0 Å². The Kier molecular flexibility index (Phi) is 4.25. The molecular weight excluding hydrogens is 318 g/mol. The highest BCUT2D eigenvalue weighted by Crippen LogP contribution is 2.31. The summed E-state index contributed by atoms with van der Waals surface area (Å²) in [5.74, 6) is 1.03. The van der Waals surface area contributed by atoms with E-state index in [1.807, 2.05) is 30.3 Å². The van der Waals surface area contributed by atoms with Crippen molar-refractivity contribution in [2.75, 3.05) is 18.0 Å². The van der Waals surface area contributed by atoms with Gasteiger partial charge in [-0.25, -0.2) is 9.78 Å². The molecular formula is C17H23N7O. The highest BCUT2D eigenvalue weighted by molar-refractivity contribution is 5.75. The van der Waals surface area contributed by atoms with E-state index in [4.69, 9.17) is 0 Å². The molecule has 0 radical (unpaired) electrons. The zero-order valence-electron chi connectivity index (χ0n) is 14.4. The summed E-state index contributed by atoms with van der Waals surface area (Å²) in [6.07, 6.45) is 5.95. The van der Waals surface area contributed by atoms with Gasteiger partial charge in [-0.2, -0.15) is 0 Å². The fourth-order valence-electron chi connectivity index (χ4n) is 3.65. The molecule has 0 unspecified atom stereocenters. The van der Waals surface area contributed by atoms with Gasteiger partial charge in [0.1, 0.15) is 11.5 Å². The van der Waals surface area contributed by atoms with Crippen LogP contribution in [0, 0.1) is 0 Å². The summed E-state index contributed by atoms with van der Waals surface area (Å²) in [5.41, 5.74) is 1.88. The van der Waals surface area contributed by atoms with Crippen LogP contribution >= 0.6 is 0 Å². The molecule has 1 N–H and O–H groups in total. The molecule has 25 heavy (non-hydrogen) atoms. The number of aromatic nitrogens is 4. The minimum atomic E-state index is -0.0606. The standard InChI is InChI=1S/C17H23N7O/c1-2-23-11-14(20-21-23)9-19-17(25)22-10-13-5-3-7-18-16(13)24-8-4-6-15(24)12-22/h3,5,7,11,15H,2,4,6,8-10,12H2,1H3,(H,19,25)/t15-/m1/s1. The average molecular weight is 341 g/mol. The van der Waals surface area contributed by atoms with Crippen LogP contribution in [0.15, 0.2) is 24.5 Å². The molecule has 132 valence electrons. The van der Waals surface area contributed by atoms with E-state index in [0.29, 0.717) is 19.1 Å². The number of fused-ring (bicyclic) bond motifs is 3. The Morgan fingerprint density at radius 1 is 1.44 bits per heavy atom. The molecule has 0 spiro atoms. The van der Waals surface area contributed by atoms with Gasteiger partial charge >= 0.3 is 6.03 Å². The van der Waals surface area contributed by atoms with Crippen LogP contribution in [0.4, 0.5) is 10.6 Å². The number of carbonyl (C=O) groups excluding carboxylic acids is 1. The lowest BCUT2D eigenvalue weighted by Crippen LogP contribution is -2.44.